The molecule has 3 N–H and O–H groups in total. The summed E-state index contributed by atoms with van der Waals surface area (Å²) in [5.74, 6) is 0. The van der Waals surface area contributed by atoms with E-state index in [-0.39, 0.29) is 5.69 Å². The summed E-state index contributed by atoms with van der Waals surface area (Å²) in [6, 6.07) is 9.88. The maximum absolute atomic E-state index is 10.7. The van der Waals surface area contributed by atoms with Crippen LogP contribution in [0.25, 0.3) is 0 Å². The Morgan fingerprint density at radius 1 is 1.26 bits per heavy atom. The molecule has 0 amide bonds. The molecule has 0 bridgehead atoms. The van der Waals surface area contributed by atoms with Gasteiger partial charge in [0.15, 0.2) is 0 Å². The van der Waals surface area contributed by atoms with E-state index < -0.39 is 4.92 Å². The number of nitrogens with zero attached hydrogens (tertiary/aromatic N) is 1. The van der Waals surface area contributed by atoms with Crippen molar-refractivity contribution in [2.45, 2.75) is 6.92 Å². The maximum Gasteiger partial charge on any atom is 0.272 e. The lowest BCUT2D eigenvalue weighted by Crippen LogP contribution is -1.96. The summed E-state index contributed by atoms with van der Waals surface area (Å²) in [7, 11) is 0. The van der Waals surface area contributed by atoms with Crippen LogP contribution in [0.1, 0.15) is 5.56 Å². The molecule has 98 valence electrons. The lowest BCUT2D eigenvalue weighted by Gasteiger charge is -2.10. The minimum atomic E-state index is -0.410. The highest BCUT2D eigenvalue weighted by atomic mass is 35.5. The molecule has 0 unspecified atom stereocenters. The van der Waals surface area contributed by atoms with Gasteiger partial charge in [0.05, 0.1) is 15.6 Å². The van der Waals surface area contributed by atoms with Crippen molar-refractivity contribution in [2.24, 2.45) is 0 Å². The average Bonchev–Trinajstić information content (AvgIpc) is 2.33. The fraction of sp³-hybridized carbons (Fsp3) is 0.0769. The lowest BCUT2D eigenvalue weighted by atomic mass is 10.1. The van der Waals surface area contributed by atoms with E-state index in [2.05, 4.69) is 5.32 Å². The Morgan fingerprint density at radius 3 is 2.63 bits per heavy atom. The molecule has 0 saturated carbocycles. The second-order valence-electron chi connectivity index (χ2n) is 4.12. The molecule has 5 nitrogen and oxygen atoms in total. The van der Waals surface area contributed by atoms with Gasteiger partial charge in [-0.25, -0.2) is 0 Å². The number of nitro groups is 1. The summed E-state index contributed by atoms with van der Waals surface area (Å²) >= 11 is 6.04. The van der Waals surface area contributed by atoms with Gasteiger partial charge in [-0.3, -0.25) is 10.1 Å². The van der Waals surface area contributed by atoms with Crippen LogP contribution in [0.15, 0.2) is 36.4 Å². The molecule has 2 rings (SSSR count). The molecule has 0 aliphatic carbocycles. The number of hydrogen-bond acceptors (Lipinski definition) is 4. The van der Waals surface area contributed by atoms with Crippen molar-refractivity contribution in [3.63, 3.8) is 0 Å². The monoisotopic (exact) mass is 277 g/mol. The van der Waals surface area contributed by atoms with Gasteiger partial charge < -0.3 is 11.1 Å². The van der Waals surface area contributed by atoms with Crippen molar-refractivity contribution in [1.82, 2.24) is 0 Å². The smallest absolute Gasteiger partial charge is 0.272 e. The van der Waals surface area contributed by atoms with Gasteiger partial charge in [0, 0.05) is 23.0 Å². The average molecular weight is 278 g/mol. The first-order valence-electron chi connectivity index (χ1n) is 5.54. The second kappa shape index (κ2) is 5.16. The Morgan fingerprint density at radius 2 is 2.00 bits per heavy atom. The number of benzene rings is 2. The highest BCUT2D eigenvalue weighted by Crippen LogP contribution is 2.29. The third-order valence-electron chi connectivity index (χ3n) is 2.66. The highest BCUT2D eigenvalue weighted by Gasteiger charge is 2.10. The van der Waals surface area contributed by atoms with Crippen LogP contribution in [-0.4, -0.2) is 4.92 Å². The number of nitrogens with one attached hydrogen (secondary N) is 1. The van der Waals surface area contributed by atoms with Crippen LogP contribution in [0.3, 0.4) is 0 Å². The summed E-state index contributed by atoms with van der Waals surface area (Å²) < 4.78 is 0. The Bertz CT molecular complexity index is 644. The van der Waals surface area contributed by atoms with E-state index in [0.29, 0.717) is 22.0 Å². The molecule has 0 aromatic heterocycles. The van der Waals surface area contributed by atoms with Crippen LogP contribution in [0, 0.1) is 17.0 Å². The van der Waals surface area contributed by atoms with Crippen molar-refractivity contribution in [3.05, 3.63) is 57.1 Å². The first-order chi connectivity index (χ1) is 8.97. The molecule has 2 aromatic rings. The number of nitro benzene ring substituents is 1. The van der Waals surface area contributed by atoms with Crippen LogP contribution in [0.4, 0.5) is 22.7 Å². The SMILES string of the molecule is Cc1cc(Nc2cc(N)ccc2Cl)ccc1[N+](=O)[O-]. The standard InChI is InChI=1S/C13H12ClN3O2/c1-8-6-10(3-5-13(8)17(18)19)16-12-7-9(15)2-4-11(12)14/h2-7,16H,15H2,1H3. The first-order valence-corrected chi connectivity index (χ1v) is 5.92. The topological polar surface area (TPSA) is 81.2 Å². The van der Waals surface area contributed by atoms with Crippen molar-refractivity contribution in [2.75, 3.05) is 11.1 Å². The predicted molar refractivity (Wildman–Crippen MR) is 77.0 cm³/mol. The largest absolute Gasteiger partial charge is 0.399 e. The minimum Gasteiger partial charge on any atom is -0.399 e. The van der Waals surface area contributed by atoms with E-state index >= 15 is 0 Å². The molecule has 19 heavy (non-hydrogen) atoms. The van der Waals surface area contributed by atoms with Gasteiger partial charge in [0.1, 0.15) is 0 Å². The molecule has 0 spiro atoms. The van der Waals surface area contributed by atoms with Gasteiger partial charge >= 0.3 is 0 Å². The number of anilines is 3. The van der Waals surface area contributed by atoms with Crippen LogP contribution in [0.5, 0.6) is 0 Å². The number of rotatable bonds is 3. The fourth-order valence-electron chi connectivity index (χ4n) is 1.73. The first kappa shape index (κ1) is 13.2. The molecule has 0 aliphatic heterocycles. The zero-order valence-corrected chi connectivity index (χ0v) is 10.9. The summed E-state index contributed by atoms with van der Waals surface area (Å²) in [4.78, 5) is 10.3. The molecule has 6 heteroatoms. The third kappa shape index (κ3) is 2.95. The van der Waals surface area contributed by atoms with Crippen LogP contribution < -0.4 is 11.1 Å². The number of hydrogen-bond donors (Lipinski definition) is 2. The minimum absolute atomic E-state index is 0.0872. The van der Waals surface area contributed by atoms with E-state index in [1.54, 1.807) is 37.3 Å². The normalized spacial score (nSPS) is 10.2. The second-order valence-corrected chi connectivity index (χ2v) is 4.53. The van der Waals surface area contributed by atoms with E-state index in [1.165, 1.54) is 6.07 Å². The molecular weight excluding hydrogens is 266 g/mol. The van der Waals surface area contributed by atoms with Crippen molar-refractivity contribution in [1.29, 1.82) is 0 Å². The molecule has 0 aliphatic rings. The molecule has 0 radical (unpaired) electrons. The van der Waals surface area contributed by atoms with Gasteiger partial charge in [-0.2, -0.15) is 0 Å². The van der Waals surface area contributed by atoms with Gasteiger partial charge in [-0.15, -0.1) is 0 Å². The lowest BCUT2D eigenvalue weighted by molar-refractivity contribution is -0.385. The Labute approximate surface area is 115 Å². The van der Waals surface area contributed by atoms with Crippen molar-refractivity contribution < 1.29 is 4.92 Å². The quantitative estimate of drug-likeness (QED) is 0.507. The molecule has 0 fully saturated rings. The summed E-state index contributed by atoms with van der Waals surface area (Å²) in [6.45, 7) is 1.68. The van der Waals surface area contributed by atoms with Crippen LogP contribution >= 0.6 is 11.6 Å². The van der Waals surface area contributed by atoms with E-state index in [0.717, 1.165) is 5.69 Å². The molecular formula is C13H12ClN3O2. The van der Waals surface area contributed by atoms with Crippen LogP contribution in [0.2, 0.25) is 5.02 Å². The van der Waals surface area contributed by atoms with Gasteiger partial charge in [-0.05, 0) is 37.3 Å². The molecule has 0 atom stereocenters. The third-order valence-corrected chi connectivity index (χ3v) is 2.99. The number of halogens is 1. The molecule has 0 saturated heterocycles. The van der Waals surface area contributed by atoms with Crippen molar-refractivity contribution >= 4 is 34.4 Å². The van der Waals surface area contributed by atoms with E-state index in [4.69, 9.17) is 17.3 Å². The van der Waals surface area contributed by atoms with Gasteiger partial charge in [0.25, 0.3) is 5.69 Å². The summed E-state index contributed by atoms with van der Waals surface area (Å²) in [5, 5.41) is 14.4. The zero-order valence-electron chi connectivity index (χ0n) is 10.2. The molecule has 2 aromatic carbocycles. The Hall–Kier alpha value is -2.27. The highest BCUT2D eigenvalue weighted by molar-refractivity contribution is 6.33. The zero-order chi connectivity index (χ0) is 14.0. The fourth-order valence-corrected chi connectivity index (χ4v) is 1.90. The van der Waals surface area contributed by atoms with Gasteiger partial charge in [-0.1, -0.05) is 11.6 Å². The number of nitrogens with two attached hydrogens (primary N) is 1. The van der Waals surface area contributed by atoms with Crippen LogP contribution in [-0.2, 0) is 0 Å². The number of aryl methyl sites for hydroxylation is 1. The summed E-state index contributed by atoms with van der Waals surface area (Å²) in [6.07, 6.45) is 0. The van der Waals surface area contributed by atoms with E-state index in [1.807, 2.05) is 0 Å². The Kier molecular flexibility index (Phi) is 3.57. The summed E-state index contributed by atoms with van der Waals surface area (Å²) in [5.41, 5.74) is 8.32. The van der Waals surface area contributed by atoms with Gasteiger partial charge in [0.2, 0.25) is 0 Å². The predicted octanol–water partition coefficient (Wildman–Crippen LogP) is 3.88. The maximum atomic E-state index is 10.7. The van der Waals surface area contributed by atoms with E-state index in [9.17, 15) is 10.1 Å². The number of nitrogen functional groups attached to an aromatic ring is 1. The Balaban J connectivity index is 2.31. The molecule has 0 heterocycles. The van der Waals surface area contributed by atoms with Crippen molar-refractivity contribution in [3.8, 4) is 0 Å².